The second kappa shape index (κ2) is 8.13. The topological polar surface area (TPSA) is 128 Å². The Morgan fingerprint density at radius 2 is 1.76 bits per heavy atom. The number of piperidine rings is 1. The molecule has 0 saturated carbocycles. The lowest BCUT2D eigenvalue weighted by molar-refractivity contribution is 0.187. The first-order valence-corrected chi connectivity index (χ1v) is 11.8. The number of rotatable bonds is 5. The summed E-state index contributed by atoms with van der Waals surface area (Å²) in [6, 6.07) is 5.69. The lowest BCUT2D eigenvalue weighted by Crippen LogP contribution is -2.42. The molecule has 29 heavy (non-hydrogen) atoms. The summed E-state index contributed by atoms with van der Waals surface area (Å²) in [5.41, 5.74) is 0.399. The first-order valence-electron chi connectivity index (χ1n) is 8.82. The van der Waals surface area contributed by atoms with Crippen molar-refractivity contribution in [1.29, 1.82) is 0 Å². The number of hydrogen-bond acceptors (Lipinski definition) is 7. The maximum absolute atomic E-state index is 12.9. The zero-order chi connectivity index (χ0) is 21.2. The molecule has 1 aliphatic rings. The molecule has 1 fully saturated rings. The summed E-state index contributed by atoms with van der Waals surface area (Å²) in [5, 5.41) is 1.76. The Labute approximate surface area is 169 Å². The highest BCUT2D eigenvalue weighted by atomic mass is 32.2. The molecule has 0 atom stereocenters. The number of aryl methyl sites for hydroxylation is 1. The fourth-order valence-electron chi connectivity index (χ4n) is 3.19. The molecule has 2 heterocycles. The highest BCUT2D eigenvalue weighted by Crippen LogP contribution is 2.27. The molecule has 1 amide bonds. The van der Waals surface area contributed by atoms with E-state index < -0.39 is 31.2 Å². The number of anilines is 1. The third-order valence-corrected chi connectivity index (χ3v) is 8.96. The van der Waals surface area contributed by atoms with Crippen molar-refractivity contribution >= 4 is 31.6 Å². The van der Waals surface area contributed by atoms with E-state index >= 15 is 0 Å². The molecule has 0 bridgehead atoms. The van der Waals surface area contributed by atoms with Crippen molar-refractivity contribution in [3.05, 3.63) is 36.7 Å². The van der Waals surface area contributed by atoms with Crippen molar-refractivity contribution in [3.63, 3.8) is 0 Å². The Hall–Kier alpha value is -2.44. The number of methoxy groups -OCH3 is 1. The molecule has 1 aliphatic heterocycles. The predicted molar refractivity (Wildman–Crippen MR) is 105 cm³/mol. The maximum atomic E-state index is 12.9. The molecular formula is C17H22N4O6S2. The highest BCUT2D eigenvalue weighted by Gasteiger charge is 2.37. The zero-order valence-corrected chi connectivity index (χ0v) is 17.6. The Bertz CT molecular complexity index is 1090. The van der Waals surface area contributed by atoms with Gasteiger partial charge in [0.25, 0.3) is 0 Å². The van der Waals surface area contributed by atoms with E-state index in [0.717, 1.165) is 0 Å². The monoisotopic (exact) mass is 442 g/mol. The molecule has 3 rings (SSSR count). The number of carbonyl (C=O) groups excluding carboxylic acids is 1. The average molecular weight is 443 g/mol. The van der Waals surface area contributed by atoms with E-state index in [1.807, 2.05) is 0 Å². The Morgan fingerprint density at radius 3 is 2.28 bits per heavy atom. The Kier molecular flexibility index (Phi) is 5.96. The van der Waals surface area contributed by atoms with Crippen LogP contribution in [0.25, 0.3) is 0 Å². The fourth-order valence-corrected chi connectivity index (χ4v) is 6.46. The van der Waals surface area contributed by atoms with Gasteiger partial charge in [-0.1, -0.05) is 0 Å². The SMILES string of the molecule is COC(=O)Nc1ccc(S(=O)(=O)N2CCC(S(=O)(=O)c3nccn3C)CC2)cc1. The maximum Gasteiger partial charge on any atom is 0.411 e. The summed E-state index contributed by atoms with van der Waals surface area (Å²) in [7, 11) is -4.56. The minimum atomic E-state index is -3.77. The standard InChI is InChI=1S/C17H22N4O6S2/c1-20-12-9-18-16(20)28(23,24)14-7-10-21(11-8-14)29(25,26)15-5-3-13(4-6-15)19-17(22)27-2/h3-6,9,12,14H,7-8,10-11H2,1-2H3,(H,19,22). The number of carbonyl (C=O) groups is 1. The molecule has 12 heteroatoms. The van der Waals surface area contributed by atoms with Crippen molar-refractivity contribution in [2.24, 2.45) is 7.05 Å². The van der Waals surface area contributed by atoms with Crippen molar-refractivity contribution in [2.45, 2.75) is 28.1 Å². The summed E-state index contributed by atoms with van der Waals surface area (Å²) in [6.07, 6.45) is 2.71. The number of sulfone groups is 1. The van der Waals surface area contributed by atoms with Crippen LogP contribution < -0.4 is 5.32 Å². The summed E-state index contributed by atoms with van der Waals surface area (Å²) in [6.45, 7) is 0.192. The van der Waals surface area contributed by atoms with Gasteiger partial charge >= 0.3 is 6.09 Å². The normalized spacial score (nSPS) is 16.5. The van der Waals surface area contributed by atoms with Gasteiger partial charge in [0.15, 0.2) is 0 Å². The van der Waals surface area contributed by atoms with Gasteiger partial charge in [0.2, 0.25) is 25.0 Å². The van der Waals surface area contributed by atoms with Crippen LogP contribution in [0.1, 0.15) is 12.8 Å². The van der Waals surface area contributed by atoms with Gasteiger partial charge in [-0.15, -0.1) is 0 Å². The van der Waals surface area contributed by atoms with E-state index in [1.165, 1.54) is 46.4 Å². The average Bonchev–Trinajstić information content (AvgIpc) is 3.15. The van der Waals surface area contributed by atoms with Crippen molar-refractivity contribution in [3.8, 4) is 0 Å². The Morgan fingerprint density at radius 1 is 1.14 bits per heavy atom. The lowest BCUT2D eigenvalue weighted by atomic mass is 10.2. The van der Waals surface area contributed by atoms with E-state index in [4.69, 9.17) is 0 Å². The van der Waals surface area contributed by atoms with Gasteiger partial charge in [-0.05, 0) is 37.1 Å². The number of nitrogens with zero attached hydrogens (tertiary/aromatic N) is 3. The number of imidazole rings is 1. The molecule has 10 nitrogen and oxygen atoms in total. The van der Waals surface area contributed by atoms with Crippen molar-refractivity contribution in [1.82, 2.24) is 13.9 Å². The summed E-state index contributed by atoms with van der Waals surface area (Å²) < 4.78 is 58.4. The van der Waals surface area contributed by atoms with Crippen LogP contribution >= 0.6 is 0 Å². The van der Waals surface area contributed by atoms with Crippen LogP contribution in [0.4, 0.5) is 10.5 Å². The lowest BCUT2D eigenvalue weighted by Gasteiger charge is -2.30. The first kappa shape index (κ1) is 21.3. The van der Waals surface area contributed by atoms with E-state index in [1.54, 1.807) is 13.2 Å². The van der Waals surface area contributed by atoms with Crippen LogP contribution in [0.2, 0.25) is 0 Å². The third kappa shape index (κ3) is 4.28. The van der Waals surface area contributed by atoms with Crippen LogP contribution in [-0.4, -0.2) is 62.2 Å². The minimum absolute atomic E-state index is 0.00694. The summed E-state index contributed by atoms with van der Waals surface area (Å²) in [4.78, 5) is 15.2. The van der Waals surface area contributed by atoms with Crippen molar-refractivity contribution < 1.29 is 26.4 Å². The van der Waals surface area contributed by atoms with Gasteiger partial charge in [-0.25, -0.2) is 26.6 Å². The molecule has 1 saturated heterocycles. The van der Waals surface area contributed by atoms with Gasteiger partial charge in [0.05, 0.1) is 17.3 Å². The van der Waals surface area contributed by atoms with E-state index in [0.29, 0.717) is 5.69 Å². The summed E-state index contributed by atoms with van der Waals surface area (Å²) >= 11 is 0. The van der Waals surface area contributed by atoms with Gasteiger partial charge < -0.3 is 9.30 Å². The van der Waals surface area contributed by atoms with Crippen LogP contribution in [0, 0.1) is 0 Å². The number of aromatic nitrogens is 2. The van der Waals surface area contributed by atoms with E-state index in [9.17, 15) is 21.6 Å². The molecule has 0 spiro atoms. The van der Waals surface area contributed by atoms with Crippen LogP contribution in [0.5, 0.6) is 0 Å². The molecule has 158 valence electrons. The largest absolute Gasteiger partial charge is 0.453 e. The predicted octanol–water partition coefficient (Wildman–Crippen LogP) is 1.23. The van der Waals surface area contributed by atoms with Crippen LogP contribution in [0.15, 0.2) is 46.7 Å². The number of ether oxygens (including phenoxy) is 1. The van der Waals surface area contributed by atoms with Gasteiger partial charge in [0, 0.05) is 38.2 Å². The number of sulfonamides is 1. The zero-order valence-electron chi connectivity index (χ0n) is 16.0. The third-order valence-electron chi connectivity index (χ3n) is 4.80. The van der Waals surface area contributed by atoms with Gasteiger partial charge in [-0.3, -0.25) is 5.32 Å². The first-order chi connectivity index (χ1) is 13.7. The molecule has 1 aromatic carbocycles. The molecule has 0 aliphatic carbocycles. The molecule has 0 unspecified atom stereocenters. The second-order valence-corrected chi connectivity index (χ2v) is 10.7. The minimum Gasteiger partial charge on any atom is -0.453 e. The summed E-state index contributed by atoms with van der Waals surface area (Å²) in [5.74, 6) is 0. The van der Waals surface area contributed by atoms with Crippen LogP contribution in [-0.2, 0) is 31.6 Å². The number of benzene rings is 1. The smallest absolute Gasteiger partial charge is 0.411 e. The van der Waals surface area contributed by atoms with E-state index in [-0.39, 0.29) is 36.0 Å². The quantitative estimate of drug-likeness (QED) is 0.737. The fraction of sp³-hybridized carbons (Fsp3) is 0.412. The number of amides is 1. The van der Waals surface area contributed by atoms with E-state index in [2.05, 4.69) is 15.0 Å². The second-order valence-electron chi connectivity index (χ2n) is 6.61. The van der Waals surface area contributed by atoms with Crippen LogP contribution in [0.3, 0.4) is 0 Å². The van der Waals surface area contributed by atoms with Gasteiger partial charge in [-0.2, -0.15) is 4.31 Å². The number of hydrogen-bond donors (Lipinski definition) is 1. The molecular weight excluding hydrogens is 420 g/mol. The number of nitrogens with one attached hydrogen (secondary N) is 1. The highest BCUT2D eigenvalue weighted by molar-refractivity contribution is 7.92. The molecule has 2 aromatic rings. The molecule has 1 aromatic heterocycles. The van der Waals surface area contributed by atoms with Gasteiger partial charge in [0.1, 0.15) is 0 Å². The molecule has 1 N–H and O–H groups in total. The Balaban J connectivity index is 1.70. The molecule has 0 radical (unpaired) electrons. The van der Waals surface area contributed by atoms with Crippen molar-refractivity contribution in [2.75, 3.05) is 25.5 Å².